The van der Waals surface area contributed by atoms with E-state index in [2.05, 4.69) is 4.72 Å². The molecule has 2 N–H and O–H groups in total. The van der Waals surface area contributed by atoms with Crippen molar-refractivity contribution in [1.82, 2.24) is 9.21 Å². The molecule has 1 aliphatic rings. The Morgan fingerprint density at radius 2 is 1.83 bits per heavy atom. The fraction of sp³-hybridized carbons (Fsp3) is 0.435. The minimum atomic E-state index is -3.78. The first kappa shape index (κ1) is 26.9. The Hall–Kier alpha value is -2.67. The Labute approximate surface area is 206 Å². The fourth-order valence-corrected chi connectivity index (χ4v) is 5.60. The maximum absolute atomic E-state index is 13.4. The van der Waals surface area contributed by atoms with Crippen molar-refractivity contribution in [2.24, 2.45) is 5.92 Å². The number of benzene rings is 2. The van der Waals surface area contributed by atoms with Crippen LogP contribution in [0.2, 0.25) is 0 Å². The van der Waals surface area contributed by atoms with Crippen molar-refractivity contribution in [1.29, 1.82) is 0 Å². The number of hydrogen-bond donors (Lipinski definition) is 2. The van der Waals surface area contributed by atoms with E-state index in [1.165, 1.54) is 46.6 Å². The quantitative estimate of drug-likeness (QED) is 0.535. The average Bonchev–Trinajstić information content (AvgIpc) is 2.80. The average molecular weight is 526 g/mol. The fourth-order valence-electron chi connectivity index (χ4n) is 3.84. The standard InChI is InChI=1S/C23H31N3O7S2/c1-16-13-26(17(2)15-27)23(28)20-12-18(24-34(4,29)30)10-11-21(20)33-22(16)14-25(3)35(31,32)19-8-6-5-7-9-19/h5-12,16-17,22,24,27H,13-15H2,1-4H3/t16-,17+,22-/m1/s1. The predicted octanol–water partition coefficient (Wildman–Crippen LogP) is 1.60. The molecule has 0 aromatic heterocycles. The summed E-state index contributed by atoms with van der Waals surface area (Å²) in [5, 5.41) is 9.75. The normalized spacial score (nSPS) is 19.9. The maximum Gasteiger partial charge on any atom is 0.258 e. The smallest absolute Gasteiger partial charge is 0.258 e. The monoisotopic (exact) mass is 525 g/mol. The lowest BCUT2D eigenvalue weighted by Gasteiger charge is -2.38. The molecule has 1 amide bonds. The van der Waals surface area contributed by atoms with E-state index in [1.54, 1.807) is 25.1 Å². The van der Waals surface area contributed by atoms with Crippen LogP contribution in [0.3, 0.4) is 0 Å². The van der Waals surface area contributed by atoms with Gasteiger partial charge in [-0.05, 0) is 37.3 Å². The van der Waals surface area contributed by atoms with E-state index in [4.69, 9.17) is 4.74 Å². The number of carbonyl (C=O) groups is 1. The van der Waals surface area contributed by atoms with Gasteiger partial charge in [-0.25, -0.2) is 16.8 Å². The van der Waals surface area contributed by atoms with Crippen LogP contribution in [-0.4, -0.2) is 82.2 Å². The number of carbonyl (C=O) groups excluding carboxylic acids is 1. The maximum atomic E-state index is 13.4. The number of anilines is 1. The molecule has 0 aliphatic carbocycles. The third-order valence-electron chi connectivity index (χ3n) is 5.86. The van der Waals surface area contributed by atoms with Gasteiger partial charge in [0.25, 0.3) is 5.91 Å². The molecule has 3 rings (SSSR count). The first-order valence-electron chi connectivity index (χ1n) is 11.0. The van der Waals surface area contributed by atoms with Gasteiger partial charge in [-0.15, -0.1) is 0 Å². The van der Waals surface area contributed by atoms with Crippen LogP contribution in [0.4, 0.5) is 5.69 Å². The second-order valence-corrected chi connectivity index (χ2v) is 12.6. The van der Waals surface area contributed by atoms with Crippen molar-refractivity contribution >= 4 is 31.6 Å². The zero-order valence-electron chi connectivity index (χ0n) is 20.1. The Balaban J connectivity index is 1.99. The van der Waals surface area contributed by atoms with Crippen molar-refractivity contribution in [3.63, 3.8) is 0 Å². The SMILES string of the molecule is C[C@@H]1CN([C@@H](C)CO)C(=O)c2cc(NS(C)(=O)=O)ccc2O[C@@H]1CN(C)S(=O)(=O)c1ccccc1. The van der Waals surface area contributed by atoms with Crippen LogP contribution in [-0.2, 0) is 20.0 Å². The summed E-state index contributed by atoms with van der Waals surface area (Å²) >= 11 is 0. The zero-order valence-corrected chi connectivity index (χ0v) is 21.7. The van der Waals surface area contributed by atoms with Gasteiger partial charge in [0.2, 0.25) is 20.0 Å². The number of rotatable bonds is 8. The number of sulfonamides is 2. The Bertz CT molecular complexity index is 1270. The number of likely N-dealkylation sites (N-methyl/N-ethyl adjacent to an activating group) is 1. The topological polar surface area (TPSA) is 133 Å². The van der Waals surface area contributed by atoms with Crippen molar-refractivity contribution in [2.45, 2.75) is 30.9 Å². The van der Waals surface area contributed by atoms with Gasteiger partial charge in [0.1, 0.15) is 11.9 Å². The lowest BCUT2D eigenvalue weighted by molar-refractivity contribution is 0.0387. The van der Waals surface area contributed by atoms with Gasteiger partial charge in [-0.3, -0.25) is 9.52 Å². The Kier molecular flexibility index (Phi) is 8.10. The van der Waals surface area contributed by atoms with E-state index in [1.807, 2.05) is 6.92 Å². The van der Waals surface area contributed by atoms with Crippen LogP contribution in [0.1, 0.15) is 24.2 Å². The number of amides is 1. The van der Waals surface area contributed by atoms with E-state index < -0.39 is 38.1 Å². The third-order valence-corrected chi connectivity index (χ3v) is 8.30. The number of nitrogens with zero attached hydrogens (tertiary/aromatic N) is 2. The summed E-state index contributed by atoms with van der Waals surface area (Å²) in [5.41, 5.74) is 0.304. The van der Waals surface area contributed by atoms with Crippen LogP contribution in [0.5, 0.6) is 5.75 Å². The lowest BCUT2D eigenvalue weighted by atomic mass is 9.99. The van der Waals surface area contributed by atoms with Crippen LogP contribution in [0.25, 0.3) is 0 Å². The number of hydrogen-bond acceptors (Lipinski definition) is 7. The zero-order chi connectivity index (χ0) is 26.0. The van der Waals surface area contributed by atoms with Crippen LogP contribution >= 0.6 is 0 Å². The molecule has 35 heavy (non-hydrogen) atoms. The van der Waals surface area contributed by atoms with E-state index in [9.17, 15) is 26.7 Å². The molecule has 1 aliphatic heterocycles. The molecule has 0 bridgehead atoms. The number of aliphatic hydroxyl groups is 1. The van der Waals surface area contributed by atoms with Gasteiger partial charge in [-0.1, -0.05) is 25.1 Å². The van der Waals surface area contributed by atoms with Crippen molar-refractivity contribution in [3.05, 3.63) is 54.1 Å². The van der Waals surface area contributed by atoms with Crippen LogP contribution < -0.4 is 9.46 Å². The molecule has 0 fully saturated rings. The molecular formula is C23H31N3O7S2. The third kappa shape index (κ3) is 6.31. The minimum Gasteiger partial charge on any atom is -0.488 e. The van der Waals surface area contributed by atoms with E-state index in [0.717, 1.165) is 6.26 Å². The Morgan fingerprint density at radius 1 is 1.17 bits per heavy atom. The first-order chi connectivity index (χ1) is 16.3. The molecular weight excluding hydrogens is 494 g/mol. The summed E-state index contributed by atoms with van der Waals surface area (Å²) in [6.07, 6.45) is 0.371. The first-order valence-corrected chi connectivity index (χ1v) is 14.4. The summed E-state index contributed by atoms with van der Waals surface area (Å²) in [6.45, 7) is 3.49. The molecule has 0 spiro atoms. The highest BCUT2D eigenvalue weighted by Gasteiger charge is 2.35. The largest absolute Gasteiger partial charge is 0.488 e. The molecule has 0 radical (unpaired) electrons. The van der Waals surface area contributed by atoms with Gasteiger partial charge in [-0.2, -0.15) is 4.31 Å². The number of ether oxygens (including phenoxy) is 1. The van der Waals surface area contributed by atoms with E-state index in [0.29, 0.717) is 0 Å². The highest BCUT2D eigenvalue weighted by Crippen LogP contribution is 2.31. The van der Waals surface area contributed by atoms with Gasteiger partial charge in [0.05, 0.1) is 35.9 Å². The van der Waals surface area contributed by atoms with Crippen molar-refractivity contribution < 1.29 is 31.5 Å². The highest BCUT2D eigenvalue weighted by molar-refractivity contribution is 7.92. The number of nitrogens with one attached hydrogen (secondary N) is 1. The van der Waals surface area contributed by atoms with Crippen LogP contribution in [0, 0.1) is 5.92 Å². The Morgan fingerprint density at radius 3 is 2.43 bits per heavy atom. The molecule has 0 unspecified atom stereocenters. The van der Waals surface area contributed by atoms with Crippen LogP contribution in [0.15, 0.2) is 53.4 Å². The van der Waals surface area contributed by atoms with Crippen molar-refractivity contribution in [3.8, 4) is 5.75 Å². The summed E-state index contributed by atoms with van der Waals surface area (Å²) < 4.78 is 59.2. The molecule has 2 aromatic carbocycles. The summed E-state index contributed by atoms with van der Waals surface area (Å²) in [4.78, 5) is 15.0. The predicted molar refractivity (Wildman–Crippen MR) is 132 cm³/mol. The van der Waals surface area contributed by atoms with Gasteiger partial charge >= 0.3 is 0 Å². The molecule has 192 valence electrons. The summed E-state index contributed by atoms with van der Waals surface area (Å²) in [7, 11) is -5.89. The van der Waals surface area contributed by atoms with Gasteiger partial charge < -0.3 is 14.7 Å². The lowest BCUT2D eigenvalue weighted by Crippen LogP contribution is -2.50. The summed E-state index contributed by atoms with van der Waals surface area (Å²) in [5.74, 6) is -0.510. The molecule has 1 heterocycles. The number of fused-ring (bicyclic) bond motifs is 1. The molecule has 2 aromatic rings. The molecule has 0 saturated heterocycles. The molecule has 0 saturated carbocycles. The van der Waals surface area contributed by atoms with E-state index >= 15 is 0 Å². The minimum absolute atomic E-state index is 0.0106. The second kappa shape index (κ2) is 10.5. The second-order valence-electron chi connectivity index (χ2n) is 8.81. The van der Waals surface area contributed by atoms with Gasteiger partial charge in [0, 0.05) is 25.2 Å². The van der Waals surface area contributed by atoms with Gasteiger partial charge in [0.15, 0.2) is 0 Å². The number of aliphatic hydroxyl groups excluding tert-OH is 1. The summed E-state index contributed by atoms with van der Waals surface area (Å²) in [6, 6.07) is 11.9. The molecule has 10 nitrogen and oxygen atoms in total. The molecule has 12 heteroatoms. The van der Waals surface area contributed by atoms with Crippen molar-refractivity contribution in [2.75, 3.05) is 37.7 Å². The van der Waals surface area contributed by atoms with E-state index in [-0.39, 0.29) is 47.5 Å². The molecule has 3 atom stereocenters. The highest BCUT2D eigenvalue weighted by atomic mass is 32.2.